The number of alkyl halides is 3. The Balaban J connectivity index is 1.76. The fourth-order valence-electron chi connectivity index (χ4n) is 3.10. The highest BCUT2D eigenvalue weighted by atomic mass is 32.1. The quantitative estimate of drug-likeness (QED) is 0.380. The van der Waals surface area contributed by atoms with Gasteiger partial charge in [0.2, 0.25) is 5.88 Å². The summed E-state index contributed by atoms with van der Waals surface area (Å²) < 4.78 is 43.7. The molecular formula is C22H13F3N2O4S. The van der Waals surface area contributed by atoms with E-state index in [4.69, 9.17) is 4.52 Å². The summed E-state index contributed by atoms with van der Waals surface area (Å²) in [5.74, 6) is -2.04. The molecule has 1 amide bonds. The molecule has 162 valence electrons. The molecule has 0 fully saturated rings. The first kappa shape index (κ1) is 21.3. The van der Waals surface area contributed by atoms with E-state index in [1.54, 1.807) is 35.0 Å². The average Bonchev–Trinajstić information content (AvgIpc) is 3.43. The van der Waals surface area contributed by atoms with Crippen LogP contribution >= 0.6 is 11.3 Å². The highest BCUT2D eigenvalue weighted by Gasteiger charge is 2.30. The average molecular weight is 458 g/mol. The summed E-state index contributed by atoms with van der Waals surface area (Å²) in [6, 6.07) is 11.6. The number of nitrogens with one attached hydrogen (secondary N) is 1. The topological polar surface area (TPSA) is 92.4 Å². The van der Waals surface area contributed by atoms with Crippen molar-refractivity contribution in [1.29, 1.82) is 0 Å². The van der Waals surface area contributed by atoms with Gasteiger partial charge in [-0.1, -0.05) is 23.4 Å². The predicted octanol–water partition coefficient (Wildman–Crippen LogP) is 6.04. The molecule has 2 heterocycles. The van der Waals surface area contributed by atoms with Gasteiger partial charge in [0.25, 0.3) is 5.91 Å². The van der Waals surface area contributed by atoms with Gasteiger partial charge in [-0.15, -0.1) is 0 Å². The molecule has 4 rings (SSSR count). The standard InChI is InChI=1S/C22H13F3N2O4S/c23-22(24,25)14-7-5-12(6-8-14)19(28)26-20-17(15-3-1-2-4-16(15)21(29)30)18(27-31-20)13-9-10-32-11-13/h1-11H,(H,26,28)(H,29,30). The van der Waals surface area contributed by atoms with Gasteiger partial charge < -0.3 is 9.63 Å². The van der Waals surface area contributed by atoms with Gasteiger partial charge in [0, 0.05) is 22.1 Å². The van der Waals surface area contributed by atoms with Gasteiger partial charge in [0.15, 0.2) is 0 Å². The number of hydrogen-bond donors (Lipinski definition) is 2. The second-order valence-corrected chi connectivity index (χ2v) is 7.41. The van der Waals surface area contributed by atoms with Gasteiger partial charge in [-0.3, -0.25) is 10.1 Å². The lowest BCUT2D eigenvalue weighted by atomic mass is 9.97. The molecule has 6 nitrogen and oxygen atoms in total. The Kier molecular flexibility index (Phi) is 5.54. The Morgan fingerprint density at radius 1 is 1.03 bits per heavy atom. The number of halogens is 3. The van der Waals surface area contributed by atoms with E-state index < -0.39 is 23.6 Å². The number of thiophene rings is 1. The summed E-state index contributed by atoms with van der Waals surface area (Å²) in [4.78, 5) is 24.4. The van der Waals surface area contributed by atoms with Crippen molar-refractivity contribution in [3.8, 4) is 22.4 Å². The lowest BCUT2D eigenvalue weighted by molar-refractivity contribution is -0.137. The van der Waals surface area contributed by atoms with Gasteiger partial charge in [-0.25, -0.2) is 4.79 Å². The molecule has 0 aliphatic carbocycles. The highest BCUT2D eigenvalue weighted by Crippen LogP contribution is 2.40. The summed E-state index contributed by atoms with van der Waals surface area (Å²) in [6.45, 7) is 0. The fraction of sp³-hybridized carbons (Fsp3) is 0.0455. The maximum Gasteiger partial charge on any atom is 0.416 e. The zero-order chi connectivity index (χ0) is 22.9. The molecule has 0 saturated heterocycles. The van der Waals surface area contributed by atoms with Crippen molar-refractivity contribution < 1.29 is 32.4 Å². The Morgan fingerprint density at radius 3 is 2.38 bits per heavy atom. The maximum atomic E-state index is 12.8. The Bertz CT molecular complexity index is 1280. The number of amides is 1. The number of nitrogens with zero attached hydrogens (tertiary/aromatic N) is 1. The third-order valence-corrected chi connectivity index (χ3v) is 5.30. The molecule has 10 heteroatoms. The number of rotatable bonds is 5. The molecule has 0 atom stereocenters. The number of hydrogen-bond acceptors (Lipinski definition) is 5. The van der Waals surface area contributed by atoms with Crippen LogP contribution < -0.4 is 5.32 Å². The summed E-state index contributed by atoms with van der Waals surface area (Å²) in [5.41, 5.74) is 0.546. The zero-order valence-corrected chi connectivity index (χ0v) is 16.8. The minimum atomic E-state index is -4.52. The number of anilines is 1. The van der Waals surface area contributed by atoms with Gasteiger partial charge in [0.1, 0.15) is 5.69 Å². The monoisotopic (exact) mass is 458 g/mol. The smallest absolute Gasteiger partial charge is 0.416 e. The predicted molar refractivity (Wildman–Crippen MR) is 112 cm³/mol. The van der Waals surface area contributed by atoms with E-state index in [0.29, 0.717) is 11.3 Å². The van der Waals surface area contributed by atoms with Gasteiger partial charge >= 0.3 is 12.1 Å². The lowest BCUT2D eigenvalue weighted by Gasteiger charge is -2.09. The highest BCUT2D eigenvalue weighted by molar-refractivity contribution is 7.08. The Morgan fingerprint density at radius 2 is 1.75 bits per heavy atom. The van der Waals surface area contributed by atoms with Crippen LogP contribution in [0.25, 0.3) is 22.4 Å². The van der Waals surface area contributed by atoms with Crippen LogP contribution in [-0.2, 0) is 6.18 Å². The third kappa shape index (κ3) is 4.12. The van der Waals surface area contributed by atoms with Crippen LogP contribution in [-0.4, -0.2) is 22.1 Å². The van der Waals surface area contributed by atoms with E-state index in [-0.39, 0.29) is 28.1 Å². The van der Waals surface area contributed by atoms with E-state index in [1.165, 1.54) is 17.4 Å². The molecule has 2 aromatic carbocycles. The summed E-state index contributed by atoms with van der Waals surface area (Å²) in [6.07, 6.45) is -4.52. The second kappa shape index (κ2) is 8.31. The molecular weight excluding hydrogens is 445 g/mol. The van der Waals surface area contributed by atoms with E-state index in [2.05, 4.69) is 10.5 Å². The van der Waals surface area contributed by atoms with Crippen LogP contribution in [0.3, 0.4) is 0 Å². The number of carboxylic acids is 1. The van der Waals surface area contributed by atoms with Crippen molar-refractivity contribution in [2.45, 2.75) is 6.18 Å². The zero-order valence-electron chi connectivity index (χ0n) is 16.0. The van der Waals surface area contributed by atoms with E-state index in [0.717, 1.165) is 24.3 Å². The molecule has 0 aliphatic rings. The van der Waals surface area contributed by atoms with Crippen molar-refractivity contribution in [1.82, 2.24) is 5.16 Å². The molecule has 32 heavy (non-hydrogen) atoms. The first-order chi connectivity index (χ1) is 15.3. The first-order valence-electron chi connectivity index (χ1n) is 9.09. The molecule has 0 unspecified atom stereocenters. The van der Waals surface area contributed by atoms with Crippen LogP contribution in [0.1, 0.15) is 26.3 Å². The Labute approximate surface area is 182 Å². The van der Waals surface area contributed by atoms with Crippen molar-refractivity contribution in [2.75, 3.05) is 5.32 Å². The number of carbonyl (C=O) groups excluding carboxylic acids is 1. The normalized spacial score (nSPS) is 11.3. The molecule has 0 aliphatic heterocycles. The number of benzene rings is 2. The van der Waals surface area contributed by atoms with Crippen molar-refractivity contribution in [2.24, 2.45) is 0 Å². The minimum absolute atomic E-state index is 0.0304. The van der Waals surface area contributed by atoms with Gasteiger partial charge in [-0.05, 0) is 41.8 Å². The van der Waals surface area contributed by atoms with Crippen molar-refractivity contribution in [3.63, 3.8) is 0 Å². The van der Waals surface area contributed by atoms with Crippen molar-refractivity contribution >= 4 is 29.1 Å². The molecule has 0 radical (unpaired) electrons. The molecule has 2 N–H and O–H groups in total. The second-order valence-electron chi connectivity index (χ2n) is 6.63. The number of aromatic nitrogens is 1. The fourth-order valence-corrected chi connectivity index (χ4v) is 3.74. The third-order valence-electron chi connectivity index (χ3n) is 4.61. The van der Waals surface area contributed by atoms with Gasteiger partial charge in [0.05, 0.1) is 16.7 Å². The number of aromatic carboxylic acids is 1. The van der Waals surface area contributed by atoms with E-state index >= 15 is 0 Å². The summed E-state index contributed by atoms with van der Waals surface area (Å²) >= 11 is 1.39. The number of carbonyl (C=O) groups is 2. The van der Waals surface area contributed by atoms with E-state index in [9.17, 15) is 27.9 Å². The van der Waals surface area contributed by atoms with Crippen LogP contribution in [0.15, 0.2) is 69.9 Å². The van der Waals surface area contributed by atoms with Crippen molar-refractivity contribution in [3.05, 3.63) is 82.0 Å². The largest absolute Gasteiger partial charge is 0.478 e. The molecule has 2 aromatic heterocycles. The molecule has 0 saturated carbocycles. The van der Waals surface area contributed by atoms with Crippen LogP contribution in [0.5, 0.6) is 0 Å². The minimum Gasteiger partial charge on any atom is -0.478 e. The summed E-state index contributed by atoms with van der Waals surface area (Å²) in [5, 5.41) is 19.7. The SMILES string of the molecule is O=C(Nc1onc(-c2ccsc2)c1-c1ccccc1C(=O)O)c1ccc(C(F)(F)F)cc1. The van der Waals surface area contributed by atoms with Crippen LogP contribution in [0, 0.1) is 0 Å². The van der Waals surface area contributed by atoms with Gasteiger partial charge in [-0.2, -0.15) is 24.5 Å². The van der Waals surface area contributed by atoms with E-state index in [1.807, 2.05) is 0 Å². The molecule has 4 aromatic rings. The Hall–Kier alpha value is -3.92. The molecule has 0 bridgehead atoms. The lowest BCUT2D eigenvalue weighted by Crippen LogP contribution is -2.13. The summed E-state index contributed by atoms with van der Waals surface area (Å²) in [7, 11) is 0. The van der Waals surface area contributed by atoms with Crippen LogP contribution in [0.2, 0.25) is 0 Å². The number of carboxylic acid groups (broad SMARTS) is 1. The molecule has 0 spiro atoms. The van der Waals surface area contributed by atoms with Crippen LogP contribution in [0.4, 0.5) is 19.1 Å². The first-order valence-corrected chi connectivity index (χ1v) is 10.0. The maximum absolute atomic E-state index is 12.8.